The molecular formula is C25H40N4O4. The van der Waals surface area contributed by atoms with Crippen molar-refractivity contribution in [3.63, 3.8) is 0 Å². The Labute approximate surface area is 197 Å². The highest BCUT2D eigenvalue weighted by molar-refractivity contribution is 5.99. The number of carbonyl (C=O) groups is 3. The van der Waals surface area contributed by atoms with E-state index in [4.69, 9.17) is 4.42 Å². The molecule has 0 aliphatic carbocycles. The largest absolute Gasteiger partial charge is 0.459 e. The second kappa shape index (κ2) is 11.2. The normalized spacial score (nSPS) is 23.8. The van der Waals surface area contributed by atoms with Gasteiger partial charge < -0.3 is 24.4 Å². The van der Waals surface area contributed by atoms with Crippen molar-refractivity contribution in [3.8, 4) is 0 Å². The molecule has 4 rings (SSSR count). The van der Waals surface area contributed by atoms with E-state index in [1.807, 2.05) is 18.7 Å². The summed E-state index contributed by atoms with van der Waals surface area (Å²) >= 11 is 0. The van der Waals surface area contributed by atoms with Gasteiger partial charge in [-0.15, -0.1) is 0 Å². The third-order valence-corrected chi connectivity index (χ3v) is 6.23. The first-order chi connectivity index (χ1) is 15.7. The molecule has 3 aliphatic rings. The molecule has 0 spiro atoms. The smallest absolute Gasteiger partial charge is 0.291 e. The molecule has 1 aromatic heterocycles. The first-order valence-corrected chi connectivity index (χ1v) is 12.3. The predicted octanol–water partition coefficient (Wildman–Crippen LogP) is 2.81. The Bertz CT molecular complexity index is 799. The summed E-state index contributed by atoms with van der Waals surface area (Å²) in [6, 6.07) is 2.75. The zero-order valence-electron chi connectivity index (χ0n) is 20.8. The molecule has 8 nitrogen and oxygen atoms in total. The molecular weight excluding hydrogens is 420 g/mol. The number of hydrogen-bond acceptors (Lipinski definition) is 5. The van der Waals surface area contributed by atoms with Crippen LogP contribution in [-0.4, -0.2) is 77.4 Å². The van der Waals surface area contributed by atoms with E-state index in [0.717, 1.165) is 31.8 Å². The molecule has 33 heavy (non-hydrogen) atoms. The summed E-state index contributed by atoms with van der Waals surface area (Å²) in [5.74, 6) is 1.35. The van der Waals surface area contributed by atoms with Crippen molar-refractivity contribution in [1.82, 2.24) is 20.0 Å². The van der Waals surface area contributed by atoms with Gasteiger partial charge in [-0.1, -0.05) is 34.6 Å². The predicted molar refractivity (Wildman–Crippen MR) is 126 cm³/mol. The molecule has 4 heterocycles. The maximum absolute atomic E-state index is 13.2. The number of piperazine rings is 1. The van der Waals surface area contributed by atoms with Crippen molar-refractivity contribution < 1.29 is 18.8 Å². The Morgan fingerprint density at radius 2 is 1.82 bits per heavy atom. The van der Waals surface area contributed by atoms with Crippen LogP contribution in [0.2, 0.25) is 0 Å². The minimum absolute atomic E-state index is 0.0243. The number of carbonyl (C=O) groups excluding carboxylic acids is 3. The highest BCUT2D eigenvalue weighted by Crippen LogP contribution is 2.32. The Morgan fingerprint density at radius 1 is 1.15 bits per heavy atom. The van der Waals surface area contributed by atoms with Crippen LogP contribution < -0.4 is 5.32 Å². The van der Waals surface area contributed by atoms with E-state index in [9.17, 15) is 14.4 Å². The third kappa shape index (κ3) is 6.16. The average molecular weight is 461 g/mol. The van der Waals surface area contributed by atoms with Gasteiger partial charge in [0.15, 0.2) is 5.76 Å². The minimum Gasteiger partial charge on any atom is -0.459 e. The van der Waals surface area contributed by atoms with Gasteiger partial charge in [-0.3, -0.25) is 14.4 Å². The number of amides is 3. The molecule has 3 amide bonds. The molecule has 0 saturated carbocycles. The van der Waals surface area contributed by atoms with Crippen LogP contribution in [0.4, 0.5) is 0 Å². The fraction of sp³-hybridized carbons (Fsp3) is 0.720. The van der Waals surface area contributed by atoms with Gasteiger partial charge >= 0.3 is 0 Å². The summed E-state index contributed by atoms with van der Waals surface area (Å²) in [4.78, 5) is 44.2. The van der Waals surface area contributed by atoms with Gasteiger partial charge in [0.2, 0.25) is 11.8 Å². The van der Waals surface area contributed by atoms with E-state index in [1.54, 1.807) is 21.9 Å². The van der Waals surface area contributed by atoms with Crippen molar-refractivity contribution in [2.75, 3.05) is 32.7 Å². The Hall–Kier alpha value is -2.35. The monoisotopic (exact) mass is 460 g/mol. The number of piperidine rings is 1. The second-order valence-electron chi connectivity index (χ2n) is 10.5. The van der Waals surface area contributed by atoms with Crippen LogP contribution in [0.15, 0.2) is 22.8 Å². The lowest BCUT2D eigenvalue weighted by molar-refractivity contribution is -0.146. The quantitative estimate of drug-likeness (QED) is 0.730. The molecule has 2 atom stereocenters. The van der Waals surface area contributed by atoms with E-state index >= 15 is 0 Å². The van der Waals surface area contributed by atoms with E-state index in [0.29, 0.717) is 25.4 Å². The Balaban J connectivity index is 0.000000709. The minimum atomic E-state index is -0.552. The molecule has 3 aliphatic heterocycles. The van der Waals surface area contributed by atoms with Gasteiger partial charge in [-0.25, -0.2) is 0 Å². The van der Waals surface area contributed by atoms with E-state index in [1.165, 1.54) is 6.26 Å². The molecule has 0 bridgehead atoms. The fourth-order valence-electron chi connectivity index (χ4n) is 4.75. The van der Waals surface area contributed by atoms with Crippen LogP contribution in [0.5, 0.6) is 0 Å². The van der Waals surface area contributed by atoms with Gasteiger partial charge in [-0.2, -0.15) is 0 Å². The van der Waals surface area contributed by atoms with Crippen molar-refractivity contribution in [1.29, 1.82) is 0 Å². The van der Waals surface area contributed by atoms with Crippen LogP contribution in [0, 0.1) is 17.8 Å². The zero-order valence-corrected chi connectivity index (χ0v) is 20.8. The summed E-state index contributed by atoms with van der Waals surface area (Å²) in [5, 5.41) is 3.35. The third-order valence-electron chi connectivity index (χ3n) is 6.23. The molecule has 184 valence electrons. The van der Waals surface area contributed by atoms with Crippen molar-refractivity contribution in [2.45, 2.75) is 66.1 Å². The molecule has 0 aromatic carbocycles. The number of nitrogens with zero attached hydrogens (tertiary/aromatic N) is 3. The highest BCUT2D eigenvalue weighted by Gasteiger charge is 2.52. The Kier molecular flexibility index (Phi) is 8.57. The summed E-state index contributed by atoms with van der Waals surface area (Å²) in [7, 11) is 0. The topological polar surface area (TPSA) is 86.1 Å². The SMILES string of the molecule is CC(C)C.CC(C)CC1C(=O)N2CC(=O)N(CC3CCNCC3)CC2N1C(=O)c1ccco1. The van der Waals surface area contributed by atoms with Gasteiger partial charge in [-0.05, 0) is 62.2 Å². The zero-order chi connectivity index (χ0) is 24.1. The van der Waals surface area contributed by atoms with Crippen molar-refractivity contribution in [2.24, 2.45) is 17.8 Å². The molecule has 1 N–H and O–H groups in total. The molecule has 1 aromatic rings. The number of rotatable bonds is 5. The molecule has 8 heteroatoms. The lowest BCUT2D eigenvalue weighted by Crippen LogP contribution is -2.59. The standard InChI is InChI=1S/C21H30N4O4.C4H10/c1-14(2)10-16-20(27)24-13-19(26)23(11-15-5-7-22-8-6-15)12-18(24)25(16)21(28)17-4-3-9-29-17;1-4(2)3/h3-4,9,14-16,18,22H,5-8,10-13H2,1-2H3;4H,1-3H3. The summed E-state index contributed by atoms with van der Waals surface area (Å²) in [6.45, 7) is 13.6. The van der Waals surface area contributed by atoms with Gasteiger partial charge in [0, 0.05) is 6.54 Å². The second-order valence-corrected chi connectivity index (χ2v) is 10.5. The molecule has 3 fully saturated rings. The number of fused-ring (bicyclic) bond motifs is 1. The van der Waals surface area contributed by atoms with E-state index < -0.39 is 12.2 Å². The summed E-state index contributed by atoms with van der Waals surface area (Å²) in [5.41, 5.74) is 0. The van der Waals surface area contributed by atoms with E-state index in [2.05, 4.69) is 26.1 Å². The molecule has 3 saturated heterocycles. The number of hydrogen-bond donors (Lipinski definition) is 1. The van der Waals surface area contributed by atoms with Gasteiger partial charge in [0.1, 0.15) is 18.8 Å². The van der Waals surface area contributed by atoms with Gasteiger partial charge in [0.25, 0.3) is 5.91 Å². The maximum Gasteiger partial charge on any atom is 0.291 e. The summed E-state index contributed by atoms with van der Waals surface area (Å²) < 4.78 is 5.34. The van der Waals surface area contributed by atoms with Crippen molar-refractivity contribution >= 4 is 17.7 Å². The Morgan fingerprint density at radius 3 is 2.39 bits per heavy atom. The first kappa shape index (κ1) is 25.3. The first-order valence-electron chi connectivity index (χ1n) is 12.3. The van der Waals surface area contributed by atoms with Crippen LogP contribution >= 0.6 is 0 Å². The van der Waals surface area contributed by atoms with Crippen LogP contribution in [-0.2, 0) is 9.59 Å². The van der Waals surface area contributed by atoms with Crippen molar-refractivity contribution in [3.05, 3.63) is 24.2 Å². The molecule has 2 unspecified atom stereocenters. The van der Waals surface area contributed by atoms with E-state index in [-0.39, 0.29) is 35.9 Å². The van der Waals surface area contributed by atoms with Crippen LogP contribution in [0.25, 0.3) is 0 Å². The average Bonchev–Trinajstić information content (AvgIpc) is 3.37. The number of furan rings is 1. The molecule has 0 radical (unpaired) electrons. The maximum atomic E-state index is 13.2. The van der Waals surface area contributed by atoms with Crippen LogP contribution in [0.3, 0.4) is 0 Å². The number of nitrogens with one attached hydrogen (secondary N) is 1. The summed E-state index contributed by atoms with van der Waals surface area (Å²) in [6.07, 6.45) is 3.70. The lowest BCUT2D eigenvalue weighted by atomic mass is 9.97. The highest BCUT2D eigenvalue weighted by atomic mass is 16.3. The van der Waals surface area contributed by atoms with Gasteiger partial charge in [0.05, 0.1) is 12.8 Å². The lowest BCUT2D eigenvalue weighted by Gasteiger charge is -2.41. The fourth-order valence-corrected chi connectivity index (χ4v) is 4.75. The van der Waals surface area contributed by atoms with Crippen LogP contribution in [0.1, 0.15) is 64.4 Å².